The topological polar surface area (TPSA) is 72.3 Å². The zero-order chi connectivity index (χ0) is 9.26. The highest BCUT2D eigenvalue weighted by Crippen LogP contribution is 2.19. The first kappa shape index (κ1) is 8.00. The molecule has 2 aromatic heterocycles. The molecule has 1 N–H and O–H groups in total. The smallest absolute Gasteiger partial charge is 0.249 e. The second-order valence-corrected chi connectivity index (χ2v) is 2.57. The summed E-state index contributed by atoms with van der Waals surface area (Å²) in [7, 11) is 0. The summed E-state index contributed by atoms with van der Waals surface area (Å²) in [6.45, 7) is 1.61. The van der Waals surface area contributed by atoms with E-state index in [2.05, 4.69) is 14.7 Å². The van der Waals surface area contributed by atoms with Gasteiger partial charge in [-0.1, -0.05) is 5.16 Å². The van der Waals surface area contributed by atoms with Crippen molar-refractivity contribution >= 4 is 0 Å². The molecule has 0 bridgehead atoms. The average Bonchev–Trinajstić information content (AvgIpc) is 2.71. The van der Waals surface area contributed by atoms with Gasteiger partial charge in [-0.25, -0.2) is 4.98 Å². The van der Waals surface area contributed by atoms with Gasteiger partial charge in [0.05, 0.1) is 5.69 Å². The fourth-order valence-corrected chi connectivity index (χ4v) is 1.01. The van der Waals surface area contributed by atoms with Crippen molar-refractivity contribution in [1.82, 2.24) is 10.1 Å². The van der Waals surface area contributed by atoms with Crippen LogP contribution in [-0.2, 0) is 6.61 Å². The summed E-state index contributed by atoms with van der Waals surface area (Å²) in [6.07, 6.45) is 1.44. The number of rotatable bonds is 2. The zero-order valence-corrected chi connectivity index (χ0v) is 7.02. The molecular weight excluding hydrogens is 172 g/mol. The van der Waals surface area contributed by atoms with E-state index in [4.69, 9.17) is 9.52 Å². The van der Waals surface area contributed by atoms with Crippen LogP contribution in [0.1, 0.15) is 11.5 Å². The third-order valence-corrected chi connectivity index (χ3v) is 1.69. The molecule has 5 nitrogen and oxygen atoms in total. The van der Waals surface area contributed by atoms with Crippen LogP contribution in [0.15, 0.2) is 21.3 Å². The van der Waals surface area contributed by atoms with Gasteiger partial charge in [0.25, 0.3) is 0 Å². The Hall–Kier alpha value is -1.62. The van der Waals surface area contributed by atoms with Crippen LogP contribution in [0.5, 0.6) is 0 Å². The van der Waals surface area contributed by atoms with Crippen molar-refractivity contribution in [3.63, 3.8) is 0 Å². The van der Waals surface area contributed by atoms with Crippen LogP contribution in [0.3, 0.4) is 0 Å². The molecule has 0 aromatic carbocycles. The molecule has 68 valence electrons. The van der Waals surface area contributed by atoms with E-state index in [1.54, 1.807) is 13.0 Å². The highest BCUT2D eigenvalue weighted by atomic mass is 16.5. The van der Waals surface area contributed by atoms with Crippen molar-refractivity contribution in [3.8, 4) is 11.6 Å². The van der Waals surface area contributed by atoms with Crippen molar-refractivity contribution < 1.29 is 14.0 Å². The quantitative estimate of drug-likeness (QED) is 0.749. The molecule has 0 saturated heterocycles. The summed E-state index contributed by atoms with van der Waals surface area (Å²) in [5.74, 6) is 0.827. The van der Waals surface area contributed by atoms with Gasteiger partial charge >= 0.3 is 0 Å². The second kappa shape index (κ2) is 3.02. The number of nitrogens with zero attached hydrogens (tertiary/aromatic N) is 2. The van der Waals surface area contributed by atoms with Crippen LogP contribution < -0.4 is 0 Å². The van der Waals surface area contributed by atoms with Crippen LogP contribution >= 0.6 is 0 Å². The highest BCUT2D eigenvalue weighted by Gasteiger charge is 2.12. The predicted octanol–water partition coefficient (Wildman–Crippen LogP) is 1.13. The third-order valence-electron chi connectivity index (χ3n) is 1.69. The van der Waals surface area contributed by atoms with E-state index in [1.165, 1.54) is 6.26 Å². The van der Waals surface area contributed by atoms with Gasteiger partial charge in [0.15, 0.2) is 11.5 Å². The van der Waals surface area contributed by atoms with Gasteiger partial charge in [0.1, 0.15) is 12.9 Å². The molecule has 13 heavy (non-hydrogen) atoms. The van der Waals surface area contributed by atoms with Gasteiger partial charge in [0.2, 0.25) is 5.89 Å². The molecule has 0 unspecified atom stereocenters. The molecule has 0 aliphatic heterocycles. The number of hydrogen-bond acceptors (Lipinski definition) is 5. The summed E-state index contributed by atoms with van der Waals surface area (Å²) < 4.78 is 9.86. The number of aromatic nitrogens is 2. The Morgan fingerprint density at radius 2 is 2.38 bits per heavy atom. The van der Waals surface area contributed by atoms with E-state index in [-0.39, 0.29) is 6.61 Å². The van der Waals surface area contributed by atoms with E-state index in [9.17, 15) is 0 Å². The lowest BCUT2D eigenvalue weighted by Crippen LogP contribution is -1.81. The minimum absolute atomic E-state index is 0.156. The van der Waals surface area contributed by atoms with E-state index >= 15 is 0 Å². The summed E-state index contributed by atoms with van der Waals surface area (Å²) in [5, 5.41) is 12.5. The Kier molecular flexibility index (Phi) is 1.86. The van der Waals surface area contributed by atoms with Gasteiger partial charge in [-0.3, -0.25) is 0 Å². The minimum Gasteiger partial charge on any atom is -0.437 e. The second-order valence-electron chi connectivity index (χ2n) is 2.57. The molecule has 2 aromatic rings. The lowest BCUT2D eigenvalue weighted by Gasteiger charge is -1.86. The predicted molar refractivity (Wildman–Crippen MR) is 42.7 cm³/mol. The summed E-state index contributed by atoms with van der Waals surface area (Å²) in [4.78, 5) is 4.07. The highest BCUT2D eigenvalue weighted by molar-refractivity contribution is 5.45. The van der Waals surface area contributed by atoms with E-state index < -0.39 is 0 Å². The largest absolute Gasteiger partial charge is 0.437 e. The van der Waals surface area contributed by atoms with Crippen molar-refractivity contribution in [3.05, 3.63) is 23.8 Å². The maximum absolute atomic E-state index is 8.85. The number of aliphatic hydroxyl groups is 1. The number of oxazole rings is 1. The molecule has 0 aliphatic carbocycles. The van der Waals surface area contributed by atoms with Crippen molar-refractivity contribution in [2.24, 2.45) is 0 Å². The van der Waals surface area contributed by atoms with Crippen LogP contribution in [0.2, 0.25) is 0 Å². The minimum atomic E-state index is -0.156. The molecule has 0 aliphatic rings. The van der Waals surface area contributed by atoms with Crippen LogP contribution in [-0.4, -0.2) is 15.2 Å². The third kappa shape index (κ3) is 1.33. The molecule has 0 amide bonds. The standard InChI is InChI=1S/C8H8N2O3/c1-5-7(4-11)13-8(9-5)6-2-3-12-10-6/h2-3,11H,4H2,1H3. The van der Waals surface area contributed by atoms with E-state index in [0.29, 0.717) is 23.0 Å². The first-order chi connectivity index (χ1) is 6.31. The monoisotopic (exact) mass is 180 g/mol. The van der Waals surface area contributed by atoms with Gasteiger partial charge in [-0.2, -0.15) is 0 Å². The van der Waals surface area contributed by atoms with E-state index in [0.717, 1.165) is 0 Å². The molecule has 0 radical (unpaired) electrons. The number of hydrogen-bond donors (Lipinski definition) is 1. The molecular formula is C8H8N2O3. The van der Waals surface area contributed by atoms with Gasteiger partial charge < -0.3 is 14.0 Å². The Morgan fingerprint density at radius 3 is 2.92 bits per heavy atom. The Morgan fingerprint density at radius 1 is 1.54 bits per heavy atom. The maximum Gasteiger partial charge on any atom is 0.249 e. The van der Waals surface area contributed by atoms with Crippen molar-refractivity contribution in [2.75, 3.05) is 0 Å². The molecule has 0 spiro atoms. The number of aryl methyl sites for hydroxylation is 1. The average molecular weight is 180 g/mol. The Labute approximate surface area is 74.0 Å². The normalized spacial score (nSPS) is 10.6. The lowest BCUT2D eigenvalue weighted by atomic mass is 10.4. The van der Waals surface area contributed by atoms with E-state index in [1.807, 2.05) is 0 Å². The van der Waals surface area contributed by atoms with Gasteiger partial charge in [-0.05, 0) is 6.92 Å². The molecule has 0 fully saturated rings. The summed E-state index contributed by atoms with van der Waals surface area (Å²) >= 11 is 0. The Bertz CT molecular complexity index is 391. The van der Waals surface area contributed by atoms with Crippen LogP contribution in [0.4, 0.5) is 0 Å². The first-order valence-corrected chi connectivity index (χ1v) is 3.79. The fraction of sp³-hybridized carbons (Fsp3) is 0.250. The SMILES string of the molecule is Cc1nc(-c2ccon2)oc1CO. The lowest BCUT2D eigenvalue weighted by molar-refractivity contribution is 0.247. The molecule has 2 rings (SSSR count). The Balaban J connectivity index is 2.43. The molecule has 0 atom stereocenters. The van der Waals surface area contributed by atoms with Crippen LogP contribution in [0, 0.1) is 6.92 Å². The van der Waals surface area contributed by atoms with Crippen LogP contribution in [0.25, 0.3) is 11.6 Å². The zero-order valence-electron chi connectivity index (χ0n) is 7.02. The number of aliphatic hydroxyl groups excluding tert-OH is 1. The van der Waals surface area contributed by atoms with Gasteiger partial charge in [-0.15, -0.1) is 0 Å². The van der Waals surface area contributed by atoms with Crippen molar-refractivity contribution in [2.45, 2.75) is 13.5 Å². The molecule has 5 heteroatoms. The maximum atomic E-state index is 8.85. The first-order valence-electron chi connectivity index (χ1n) is 3.79. The molecule has 2 heterocycles. The summed E-state index contributed by atoms with van der Waals surface area (Å²) in [5.41, 5.74) is 1.20. The van der Waals surface area contributed by atoms with Gasteiger partial charge in [0, 0.05) is 6.07 Å². The fourth-order valence-electron chi connectivity index (χ4n) is 1.01. The molecule has 0 saturated carbocycles. The summed E-state index contributed by atoms with van der Waals surface area (Å²) in [6, 6.07) is 1.65. The van der Waals surface area contributed by atoms with Crippen molar-refractivity contribution in [1.29, 1.82) is 0 Å².